The van der Waals surface area contributed by atoms with Crippen LogP contribution in [-0.4, -0.2) is 8.42 Å². The van der Waals surface area contributed by atoms with Crippen molar-refractivity contribution in [3.8, 4) is 0 Å². The van der Waals surface area contributed by atoms with E-state index in [0.29, 0.717) is 12.2 Å². The maximum atomic E-state index is 12.2. The third-order valence-electron chi connectivity index (χ3n) is 2.58. The molecule has 0 saturated heterocycles. The van der Waals surface area contributed by atoms with Gasteiger partial charge in [-0.25, -0.2) is 8.42 Å². The van der Waals surface area contributed by atoms with E-state index in [9.17, 15) is 8.42 Å². The number of thiophene rings is 1. The summed E-state index contributed by atoms with van der Waals surface area (Å²) in [5.41, 5.74) is 6.98. The Kier molecular flexibility index (Phi) is 4.29. The van der Waals surface area contributed by atoms with E-state index < -0.39 is 10.0 Å². The predicted molar refractivity (Wildman–Crippen MR) is 81.9 cm³/mol. The van der Waals surface area contributed by atoms with Crippen LogP contribution in [0.25, 0.3) is 0 Å². The second kappa shape index (κ2) is 5.62. The Labute approximate surface area is 124 Å². The highest BCUT2D eigenvalue weighted by Gasteiger charge is 2.17. The van der Waals surface area contributed by atoms with Gasteiger partial charge in [0.1, 0.15) is 0 Å². The minimum Gasteiger partial charge on any atom is -0.326 e. The topological polar surface area (TPSA) is 72.2 Å². The second-order valence-electron chi connectivity index (χ2n) is 3.99. The zero-order chi connectivity index (χ0) is 14.0. The third-order valence-corrected chi connectivity index (χ3v) is 6.08. The van der Waals surface area contributed by atoms with Crippen LogP contribution in [0.3, 0.4) is 0 Å². The minimum absolute atomic E-state index is 0.242. The summed E-state index contributed by atoms with van der Waals surface area (Å²) in [6.07, 6.45) is 0. The van der Waals surface area contributed by atoms with E-state index in [4.69, 9.17) is 5.73 Å². The molecule has 2 rings (SSSR count). The van der Waals surface area contributed by atoms with Crippen molar-refractivity contribution >= 4 is 43.0 Å². The van der Waals surface area contributed by atoms with Gasteiger partial charge in [0.25, 0.3) is 10.0 Å². The highest BCUT2D eigenvalue weighted by atomic mass is 79.9. The number of nitrogens with one attached hydrogen (secondary N) is 1. The average Bonchev–Trinajstić information content (AvgIpc) is 2.84. The number of anilines is 1. The molecule has 0 unspecified atom stereocenters. The average molecular weight is 361 g/mol. The predicted octanol–water partition coefficient (Wildman–Crippen LogP) is 3.08. The molecule has 102 valence electrons. The van der Waals surface area contributed by atoms with Gasteiger partial charge in [-0.1, -0.05) is 12.1 Å². The monoisotopic (exact) mass is 360 g/mol. The van der Waals surface area contributed by atoms with Gasteiger partial charge in [-0.2, -0.15) is 0 Å². The molecule has 2 aromatic rings. The normalized spacial score (nSPS) is 11.5. The number of hydrogen-bond donors (Lipinski definition) is 2. The summed E-state index contributed by atoms with van der Waals surface area (Å²) >= 11 is 4.72. The van der Waals surface area contributed by atoms with E-state index in [1.165, 1.54) is 11.3 Å². The zero-order valence-electron chi connectivity index (χ0n) is 10.2. The van der Waals surface area contributed by atoms with Gasteiger partial charge in [0.15, 0.2) is 0 Å². The Bertz CT molecular complexity index is 696. The van der Waals surface area contributed by atoms with Crippen LogP contribution in [0.4, 0.5) is 5.69 Å². The van der Waals surface area contributed by atoms with Crippen LogP contribution in [0, 0.1) is 6.92 Å². The molecule has 1 heterocycles. The highest BCUT2D eigenvalue weighted by molar-refractivity contribution is 9.10. The summed E-state index contributed by atoms with van der Waals surface area (Å²) in [4.78, 5) is 1.08. The molecule has 0 aliphatic carbocycles. The Hall–Kier alpha value is -0.890. The van der Waals surface area contributed by atoms with Gasteiger partial charge in [0, 0.05) is 21.3 Å². The van der Waals surface area contributed by atoms with Crippen LogP contribution < -0.4 is 10.5 Å². The molecule has 0 amide bonds. The SMILES string of the molecule is Cc1cccc(NS(=O)(=O)c2csc(CN)c2)c1Br. The molecule has 0 saturated carbocycles. The van der Waals surface area contributed by atoms with Crippen molar-refractivity contribution in [2.24, 2.45) is 5.73 Å². The number of nitrogens with two attached hydrogens (primary N) is 1. The highest BCUT2D eigenvalue weighted by Crippen LogP contribution is 2.29. The molecule has 1 aromatic carbocycles. The Morgan fingerprint density at radius 2 is 2.16 bits per heavy atom. The summed E-state index contributed by atoms with van der Waals surface area (Å²) in [7, 11) is -3.57. The molecule has 0 aliphatic rings. The van der Waals surface area contributed by atoms with Gasteiger partial charge in [0.05, 0.1) is 10.6 Å². The lowest BCUT2D eigenvalue weighted by molar-refractivity contribution is 0.601. The van der Waals surface area contributed by atoms with E-state index >= 15 is 0 Å². The number of benzene rings is 1. The number of rotatable bonds is 4. The standard InChI is InChI=1S/C12H13BrN2O2S2/c1-8-3-2-4-11(12(8)13)15-19(16,17)10-5-9(6-14)18-7-10/h2-5,7,15H,6,14H2,1H3. The van der Waals surface area contributed by atoms with Crippen molar-refractivity contribution in [3.05, 3.63) is 44.6 Å². The fourth-order valence-electron chi connectivity index (χ4n) is 1.54. The first-order chi connectivity index (χ1) is 8.94. The molecule has 3 N–H and O–H groups in total. The zero-order valence-corrected chi connectivity index (χ0v) is 13.4. The first-order valence-corrected chi connectivity index (χ1v) is 8.65. The summed E-state index contributed by atoms with van der Waals surface area (Å²) < 4.78 is 27.8. The first-order valence-electron chi connectivity index (χ1n) is 5.49. The van der Waals surface area contributed by atoms with Gasteiger partial charge in [0.2, 0.25) is 0 Å². The van der Waals surface area contributed by atoms with Crippen LogP contribution in [0.15, 0.2) is 39.0 Å². The van der Waals surface area contributed by atoms with Crippen LogP contribution >= 0.6 is 27.3 Å². The quantitative estimate of drug-likeness (QED) is 0.879. The largest absolute Gasteiger partial charge is 0.326 e. The maximum Gasteiger partial charge on any atom is 0.262 e. The minimum atomic E-state index is -3.57. The van der Waals surface area contributed by atoms with Crippen LogP contribution in [0.2, 0.25) is 0 Å². The van der Waals surface area contributed by atoms with E-state index in [1.54, 1.807) is 23.6 Å². The Morgan fingerprint density at radius 1 is 1.42 bits per heavy atom. The smallest absolute Gasteiger partial charge is 0.262 e. The molecular weight excluding hydrogens is 348 g/mol. The maximum absolute atomic E-state index is 12.2. The Morgan fingerprint density at radius 3 is 2.79 bits per heavy atom. The summed E-state index contributed by atoms with van der Waals surface area (Å²) in [6, 6.07) is 7.01. The van der Waals surface area contributed by atoms with E-state index in [2.05, 4.69) is 20.7 Å². The molecule has 0 fully saturated rings. The molecule has 0 bridgehead atoms. The molecule has 7 heteroatoms. The van der Waals surface area contributed by atoms with Crippen molar-refractivity contribution in [1.82, 2.24) is 0 Å². The fraction of sp³-hybridized carbons (Fsp3) is 0.167. The van der Waals surface area contributed by atoms with Gasteiger partial charge in [-0.05, 0) is 40.5 Å². The van der Waals surface area contributed by atoms with Crippen LogP contribution in [0.1, 0.15) is 10.4 Å². The van der Waals surface area contributed by atoms with Crippen molar-refractivity contribution in [2.75, 3.05) is 4.72 Å². The van der Waals surface area contributed by atoms with Gasteiger partial charge in [-0.15, -0.1) is 11.3 Å². The van der Waals surface area contributed by atoms with Crippen molar-refractivity contribution in [2.45, 2.75) is 18.4 Å². The van der Waals surface area contributed by atoms with E-state index in [0.717, 1.165) is 14.9 Å². The van der Waals surface area contributed by atoms with E-state index in [1.807, 2.05) is 13.0 Å². The molecule has 0 atom stereocenters. The second-order valence-corrected chi connectivity index (χ2v) is 7.47. The number of halogens is 1. The number of hydrogen-bond acceptors (Lipinski definition) is 4. The van der Waals surface area contributed by atoms with E-state index in [-0.39, 0.29) is 4.90 Å². The summed E-state index contributed by atoms with van der Waals surface area (Å²) in [5.74, 6) is 0. The summed E-state index contributed by atoms with van der Waals surface area (Å²) in [5, 5.41) is 1.59. The number of aryl methyl sites for hydroxylation is 1. The van der Waals surface area contributed by atoms with Crippen molar-refractivity contribution in [1.29, 1.82) is 0 Å². The van der Waals surface area contributed by atoms with Crippen molar-refractivity contribution < 1.29 is 8.42 Å². The molecule has 19 heavy (non-hydrogen) atoms. The molecule has 0 radical (unpaired) electrons. The number of sulfonamides is 1. The lowest BCUT2D eigenvalue weighted by Gasteiger charge is -2.10. The molecule has 1 aromatic heterocycles. The first kappa shape index (κ1) is 14.5. The van der Waals surface area contributed by atoms with Crippen molar-refractivity contribution in [3.63, 3.8) is 0 Å². The molecular formula is C12H13BrN2O2S2. The lowest BCUT2D eigenvalue weighted by atomic mass is 10.2. The summed E-state index contributed by atoms with van der Waals surface area (Å²) in [6.45, 7) is 2.24. The van der Waals surface area contributed by atoms with Gasteiger partial charge < -0.3 is 5.73 Å². The Balaban J connectivity index is 2.33. The van der Waals surface area contributed by atoms with Gasteiger partial charge in [-0.3, -0.25) is 4.72 Å². The van der Waals surface area contributed by atoms with Gasteiger partial charge >= 0.3 is 0 Å². The van der Waals surface area contributed by atoms with Crippen LogP contribution in [0.5, 0.6) is 0 Å². The molecule has 0 aliphatic heterocycles. The third kappa shape index (κ3) is 3.17. The van der Waals surface area contributed by atoms with Crippen LogP contribution in [-0.2, 0) is 16.6 Å². The lowest BCUT2D eigenvalue weighted by Crippen LogP contribution is -2.12. The molecule has 4 nitrogen and oxygen atoms in total. The fourth-order valence-corrected chi connectivity index (χ4v) is 4.26. The molecule has 0 spiro atoms.